The number of carbonyl (C=O) groups excluding carboxylic acids is 1. The number of nitrogens with zero attached hydrogens (tertiary/aromatic N) is 1. The zero-order chi connectivity index (χ0) is 24.2. The van der Waals surface area contributed by atoms with Gasteiger partial charge in [0.15, 0.2) is 0 Å². The van der Waals surface area contributed by atoms with Crippen LogP contribution < -0.4 is 19.9 Å². The number of carboxylic acid groups (broad SMARTS) is 1. The van der Waals surface area contributed by atoms with Crippen molar-refractivity contribution in [3.8, 4) is 11.5 Å². The molecule has 1 N–H and O–H groups in total. The van der Waals surface area contributed by atoms with Gasteiger partial charge >= 0.3 is 0 Å². The minimum absolute atomic E-state index is 0.0242. The number of methoxy groups -OCH3 is 2. The van der Waals surface area contributed by atoms with Gasteiger partial charge in [0.05, 0.1) is 31.4 Å². The van der Waals surface area contributed by atoms with E-state index in [1.54, 1.807) is 37.0 Å². The lowest BCUT2D eigenvalue weighted by Crippen LogP contribution is -2.28. The van der Waals surface area contributed by atoms with Crippen LogP contribution in [0.25, 0.3) is 10.9 Å². The molecule has 34 heavy (non-hydrogen) atoms. The van der Waals surface area contributed by atoms with Gasteiger partial charge in [-0.15, -0.1) is 0 Å². The van der Waals surface area contributed by atoms with Gasteiger partial charge in [0.2, 0.25) is 0 Å². The van der Waals surface area contributed by atoms with E-state index in [1.807, 2.05) is 30.3 Å². The summed E-state index contributed by atoms with van der Waals surface area (Å²) in [6.45, 7) is 0.871. The van der Waals surface area contributed by atoms with Gasteiger partial charge in [-0.05, 0) is 35.9 Å². The van der Waals surface area contributed by atoms with Crippen LogP contribution >= 0.6 is 11.6 Å². The number of halogens is 2. The fraction of sp³-hybridized carbons (Fsp3) is 0.192. The molecule has 0 bridgehead atoms. The first-order valence-electron chi connectivity index (χ1n) is 10.6. The van der Waals surface area contributed by atoms with E-state index < -0.39 is 11.8 Å². The normalized spacial score (nSPS) is 11.1. The van der Waals surface area contributed by atoms with Crippen LogP contribution in [0.4, 0.5) is 4.39 Å². The molecule has 0 saturated carbocycles. The van der Waals surface area contributed by atoms with Crippen LogP contribution in [0, 0.1) is 5.82 Å². The SMILES string of the molecule is COc1ccc2c(CNCc3ccccc3OC)c(C(=O)[O-])n(Cc3ccc(F)cc3Cl)c2c1. The molecule has 0 aliphatic heterocycles. The highest BCUT2D eigenvalue weighted by Crippen LogP contribution is 2.31. The average molecular weight is 482 g/mol. The summed E-state index contributed by atoms with van der Waals surface area (Å²) < 4.78 is 25.9. The molecule has 0 saturated heterocycles. The first-order chi connectivity index (χ1) is 16.4. The standard InChI is InChI=1S/C26H24ClFN2O4/c1-33-19-9-10-20-21(14-29-13-16-5-3-4-6-24(16)34-2)25(26(31)32)30(23(20)12-19)15-17-7-8-18(28)11-22(17)27/h3-12,29H,13-15H2,1-2H3,(H,31,32)/p-1. The maximum atomic E-state index is 13.6. The quantitative estimate of drug-likeness (QED) is 0.388. The third-order valence-electron chi connectivity index (χ3n) is 5.72. The van der Waals surface area contributed by atoms with Crippen LogP contribution in [0.2, 0.25) is 5.02 Å². The average Bonchev–Trinajstić information content (AvgIpc) is 3.13. The predicted octanol–water partition coefficient (Wildman–Crippen LogP) is 4.15. The molecule has 6 nitrogen and oxygen atoms in total. The molecule has 4 aromatic rings. The smallest absolute Gasteiger partial charge is 0.124 e. The summed E-state index contributed by atoms with van der Waals surface area (Å²) in [7, 11) is 3.15. The number of fused-ring (bicyclic) bond motifs is 1. The van der Waals surface area contributed by atoms with Crippen molar-refractivity contribution in [2.75, 3.05) is 14.2 Å². The van der Waals surface area contributed by atoms with E-state index in [2.05, 4.69) is 5.32 Å². The van der Waals surface area contributed by atoms with E-state index >= 15 is 0 Å². The minimum Gasteiger partial charge on any atom is -0.543 e. The number of benzene rings is 3. The molecule has 8 heteroatoms. The number of para-hydroxylation sites is 1. The van der Waals surface area contributed by atoms with E-state index in [4.69, 9.17) is 21.1 Å². The number of rotatable bonds is 9. The fourth-order valence-corrected chi connectivity index (χ4v) is 4.32. The van der Waals surface area contributed by atoms with Crippen molar-refractivity contribution in [3.63, 3.8) is 0 Å². The zero-order valence-corrected chi connectivity index (χ0v) is 19.5. The Morgan fingerprint density at radius 1 is 1.03 bits per heavy atom. The Bertz CT molecular complexity index is 1350. The van der Waals surface area contributed by atoms with Crippen molar-refractivity contribution >= 4 is 28.5 Å². The molecule has 0 fully saturated rings. The fourth-order valence-electron chi connectivity index (χ4n) is 4.10. The van der Waals surface area contributed by atoms with Crippen molar-refractivity contribution in [1.29, 1.82) is 0 Å². The Morgan fingerprint density at radius 2 is 1.82 bits per heavy atom. The highest BCUT2D eigenvalue weighted by atomic mass is 35.5. The summed E-state index contributed by atoms with van der Waals surface area (Å²) in [5, 5.41) is 16.6. The second-order valence-corrected chi connectivity index (χ2v) is 8.14. The van der Waals surface area contributed by atoms with Crippen LogP contribution in [-0.4, -0.2) is 24.8 Å². The molecular formula is C26H23ClFN2O4-. The van der Waals surface area contributed by atoms with Gasteiger partial charge in [-0.2, -0.15) is 0 Å². The Labute approximate surface area is 201 Å². The number of hydrogen-bond donors (Lipinski definition) is 1. The molecule has 0 unspecified atom stereocenters. The maximum absolute atomic E-state index is 13.6. The summed E-state index contributed by atoms with van der Waals surface area (Å²) in [4.78, 5) is 12.3. The van der Waals surface area contributed by atoms with Gasteiger partial charge in [-0.3, -0.25) is 0 Å². The van der Waals surface area contributed by atoms with Gasteiger partial charge < -0.3 is 29.3 Å². The minimum atomic E-state index is -1.32. The summed E-state index contributed by atoms with van der Waals surface area (Å²) >= 11 is 6.24. The lowest BCUT2D eigenvalue weighted by Gasteiger charge is -2.15. The van der Waals surface area contributed by atoms with E-state index in [1.165, 1.54) is 12.1 Å². The third-order valence-corrected chi connectivity index (χ3v) is 6.08. The Kier molecular flexibility index (Phi) is 7.05. The topological polar surface area (TPSA) is 75.6 Å². The maximum Gasteiger partial charge on any atom is 0.124 e. The molecule has 3 aromatic carbocycles. The molecule has 0 spiro atoms. The molecule has 4 rings (SSSR count). The van der Waals surface area contributed by atoms with Gasteiger partial charge in [-0.25, -0.2) is 4.39 Å². The number of aromatic nitrogens is 1. The molecule has 0 radical (unpaired) electrons. The molecule has 176 valence electrons. The van der Waals surface area contributed by atoms with Crippen LogP contribution in [0.5, 0.6) is 11.5 Å². The molecule has 0 aliphatic rings. The van der Waals surface area contributed by atoms with E-state index in [9.17, 15) is 14.3 Å². The molecule has 1 aromatic heterocycles. The van der Waals surface area contributed by atoms with E-state index in [0.29, 0.717) is 28.9 Å². The summed E-state index contributed by atoms with van der Waals surface area (Å²) in [5.41, 5.74) is 2.78. The van der Waals surface area contributed by atoms with Gasteiger partial charge in [0, 0.05) is 47.2 Å². The highest BCUT2D eigenvalue weighted by Gasteiger charge is 2.20. The second-order valence-electron chi connectivity index (χ2n) is 7.73. The Balaban J connectivity index is 1.76. The summed E-state index contributed by atoms with van der Waals surface area (Å²) in [6, 6.07) is 17.0. The van der Waals surface area contributed by atoms with Crippen LogP contribution in [-0.2, 0) is 19.6 Å². The Hall–Kier alpha value is -3.55. The van der Waals surface area contributed by atoms with Crippen molar-refractivity contribution in [3.05, 3.63) is 93.9 Å². The first-order valence-corrected chi connectivity index (χ1v) is 11.0. The Morgan fingerprint density at radius 3 is 2.53 bits per heavy atom. The molecule has 0 amide bonds. The number of ether oxygens (including phenoxy) is 2. The number of nitrogens with one attached hydrogen (secondary N) is 1. The second kappa shape index (κ2) is 10.2. The predicted molar refractivity (Wildman–Crippen MR) is 127 cm³/mol. The number of aromatic carboxylic acids is 1. The molecule has 1 heterocycles. The summed E-state index contributed by atoms with van der Waals surface area (Å²) in [6.07, 6.45) is 0. The van der Waals surface area contributed by atoms with Crippen molar-refractivity contribution in [1.82, 2.24) is 9.88 Å². The van der Waals surface area contributed by atoms with Crippen molar-refractivity contribution in [2.24, 2.45) is 0 Å². The monoisotopic (exact) mass is 481 g/mol. The highest BCUT2D eigenvalue weighted by molar-refractivity contribution is 6.31. The number of carboxylic acids is 1. The lowest BCUT2D eigenvalue weighted by molar-refractivity contribution is -0.255. The van der Waals surface area contributed by atoms with E-state index in [0.717, 1.165) is 16.7 Å². The van der Waals surface area contributed by atoms with Crippen LogP contribution in [0.15, 0.2) is 60.7 Å². The van der Waals surface area contributed by atoms with Gasteiger partial charge in [0.25, 0.3) is 0 Å². The molecule has 0 atom stereocenters. The number of hydrogen-bond acceptors (Lipinski definition) is 5. The van der Waals surface area contributed by atoms with Gasteiger partial charge in [-0.1, -0.05) is 35.9 Å². The molecular weight excluding hydrogens is 459 g/mol. The zero-order valence-electron chi connectivity index (χ0n) is 18.7. The third kappa shape index (κ3) is 4.71. The summed E-state index contributed by atoms with van der Waals surface area (Å²) in [5.74, 6) is -0.459. The number of carbonyl (C=O) groups is 1. The van der Waals surface area contributed by atoms with Crippen LogP contribution in [0.1, 0.15) is 27.2 Å². The van der Waals surface area contributed by atoms with Crippen molar-refractivity contribution < 1.29 is 23.8 Å². The first kappa shape index (κ1) is 23.6. The largest absolute Gasteiger partial charge is 0.543 e. The lowest BCUT2D eigenvalue weighted by atomic mass is 10.1. The van der Waals surface area contributed by atoms with Crippen molar-refractivity contribution in [2.45, 2.75) is 19.6 Å². The molecule has 0 aliphatic carbocycles. The van der Waals surface area contributed by atoms with Crippen LogP contribution in [0.3, 0.4) is 0 Å². The van der Waals surface area contributed by atoms with E-state index in [-0.39, 0.29) is 23.8 Å². The van der Waals surface area contributed by atoms with Gasteiger partial charge in [0.1, 0.15) is 17.3 Å².